The molecule has 0 spiro atoms. The number of halogens is 5. The topological polar surface area (TPSA) is 12.0 Å². The molecule has 1 N–H and O–H groups in total. The van der Waals surface area contributed by atoms with E-state index in [4.69, 9.17) is 11.6 Å². The van der Waals surface area contributed by atoms with E-state index in [1.807, 2.05) is 0 Å². The fourth-order valence-corrected chi connectivity index (χ4v) is 2.84. The van der Waals surface area contributed by atoms with E-state index in [1.54, 1.807) is 19.2 Å². The quantitative estimate of drug-likeness (QED) is 0.736. The molecular weight excluding hydrogens is 367 g/mol. The van der Waals surface area contributed by atoms with Crippen LogP contribution in [0.2, 0.25) is 5.02 Å². The third kappa shape index (κ3) is 3.59. The summed E-state index contributed by atoms with van der Waals surface area (Å²) in [5.41, 5.74) is 0.959. The second-order valence-electron chi connectivity index (χ2n) is 4.55. The highest BCUT2D eigenvalue weighted by molar-refractivity contribution is 9.10. The number of hydrogen-bond acceptors (Lipinski definition) is 1. The molecule has 1 unspecified atom stereocenters. The second kappa shape index (κ2) is 6.81. The standard InChI is InChI=1S/C15H12BrClF3N/c1-21-13(6-8-2-3-9(17)7-12(8)19)10-4-5-11(18)15(20)14(10)16/h2-5,7,13,21H,6H2,1H3. The van der Waals surface area contributed by atoms with Gasteiger partial charge in [-0.2, -0.15) is 0 Å². The molecule has 0 saturated heterocycles. The number of nitrogens with one attached hydrogen (secondary N) is 1. The van der Waals surface area contributed by atoms with Crippen molar-refractivity contribution in [3.8, 4) is 0 Å². The molecule has 21 heavy (non-hydrogen) atoms. The molecule has 1 atom stereocenters. The van der Waals surface area contributed by atoms with E-state index in [2.05, 4.69) is 21.2 Å². The zero-order chi connectivity index (χ0) is 15.6. The van der Waals surface area contributed by atoms with Gasteiger partial charge in [-0.3, -0.25) is 0 Å². The zero-order valence-electron chi connectivity index (χ0n) is 11.1. The van der Waals surface area contributed by atoms with Gasteiger partial charge in [0.2, 0.25) is 0 Å². The SMILES string of the molecule is CNC(Cc1ccc(Cl)cc1F)c1ccc(F)c(F)c1Br. The maximum Gasteiger partial charge on any atom is 0.173 e. The molecule has 1 nitrogen and oxygen atoms in total. The van der Waals surface area contributed by atoms with Crippen LogP contribution in [-0.2, 0) is 6.42 Å². The number of likely N-dealkylation sites (N-methyl/N-ethyl adjacent to an activating group) is 1. The summed E-state index contributed by atoms with van der Waals surface area (Å²) in [6.45, 7) is 0. The predicted octanol–water partition coefficient (Wildman–Crippen LogP) is 5.02. The molecule has 0 radical (unpaired) electrons. The third-order valence-electron chi connectivity index (χ3n) is 3.23. The molecule has 0 aliphatic carbocycles. The van der Waals surface area contributed by atoms with Crippen LogP contribution in [0.15, 0.2) is 34.8 Å². The van der Waals surface area contributed by atoms with Crippen molar-refractivity contribution in [1.82, 2.24) is 5.32 Å². The molecule has 0 aliphatic rings. The normalized spacial score (nSPS) is 12.5. The van der Waals surface area contributed by atoms with Crippen LogP contribution in [0.1, 0.15) is 17.2 Å². The van der Waals surface area contributed by atoms with E-state index in [0.29, 0.717) is 16.1 Å². The lowest BCUT2D eigenvalue weighted by Gasteiger charge is -2.19. The van der Waals surface area contributed by atoms with Crippen molar-refractivity contribution in [3.05, 3.63) is 68.4 Å². The lowest BCUT2D eigenvalue weighted by Crippen LogP contribution is -2.20. The maximum atomic E-state index is 13.8. The molecule has 2 aromatic rings. The highest BCUT2D eigenvalue weighted by Gasteiger charge is 2.19. The first-order chi connectivity index (χ1) is 9.93. The molecule has 0 amide bonds. The van der Waals surface area contributed by atoms with Gasteiger partial charge in [0, 0.05) is 11.1 Å². The van der Waals surface area contributed by atoms with Crippen molar-refractivity contribution in [3.63, 3.8) is 0 Å². The van der Waals surface area contributed by atoms with Gasteiger partial charge < -0.3 is 5.32 Å². The lowest BCUT2D eigenvalue weighted by molar-refractivity contribution is 0.493. The monoisotopic (exact) mass is 377 g/mol. The van der Waals surface area contributed by atoms with E-state index >= 15 is 0 Å². The largest absolute Gasteiger partial charge is 0.313 e. The minimum atomic E-state index is -0.954. The summed E-state index contributed by atoms with van der Waals surface area (Å²) in [6, 6.07) is 6.55. The van der Waals surface area contributed by atoms with Crippen molar-refractivity contribution in [2.24, 2.45) is 0 Å². The van der Waals surface area contributed by atoms with Crippen molar-refractivity contribution in [2.75, 3.05) is 7.05 Å². The van der Waals surface area contributed by atoms with E-state index in [9.17, 15) is 13.2 Å². The second-order valence-corrected chi connectivity index (χ2v) is 5.78. The number of rotatable bonds is 4. The van der Waals surface area contributed by atoms with Crippen LogP contribution in [0.25, 0.3) is 0 Å². The van der Waals surface area contributed by atoms with Gasteiger partial charge in [-0.05, 0) is 58.7 Å². The van der Waals surface area contributed by atoms with Gasteiger partial charge in [-0.15, -0.1) is 0 Å². The van der Waals surface area contributed by atoms with Crippen LogP contribution in [0.3, 0.4) is 0 Å². The first-order valence-electron chi connectivity index (χ1n) is 6.18. The smallest absolute Gasteiger partial charge is 0.173 e. The highest BCUT2D eigenvalue weighted by Crippen LogP contribution is 2.30. The van der Waals surface area contributed by atoms with Gasteiger partial charge in [0.25, 0.3) is 0 Å². The van der Waals surface area contributed by atoms with Crippen LogP contribution in [0, 0.1) is 17.5 Å². The minimum Gasteiger partial charge on any atom is -0.313 e. The molecule has 0 heterocycles. The Morgan fingerprint density at radius 1 is 1.14 bits per heavy atom. The summed E-state index contributed by atoms with van der Waals surface area (Å²) < 4.78 is 40.7. The molecule has 0 saturated carbocycles. The minimum absolute atomic E-state index is 0.0382. The molecule has 112 valence electrons. The van der Waals surface area contributed by atoms with Crippen LogP contribution in [0.4, 0.5) is 13.2 Å². The Morgan fingerprint density at radius 3 is 2.48 bits per heavy atom. The Labute approximate surface area is 134 Å². The summed E-state index contributed by atoms with van der Waals surface area (Å²) in [5, 5.41) is 3.29. The first kappa shape index (κ1) is 16.3. The lowest BCUT2D eigenvalue weighted by atomic mass is 9.98. The maximum absolute atomic E-state index is 13.8. The van der Waals surface area contributed by atoms with Gasteiger partial charge in [0.1, 0.15) is 5.82 Å². The molecule has 0 fully saturated rings. The average molecular weight is 379 g/mol. The summed E-state index contributed by atoms with van der Waals surface area (Å²) in [5.74, 6) is -2.32. The Morgan fingerprint density at radius 2 is 1.86 bits per heavy atom. The van der Waals surface area contributed by atoms with Crippen LogP contribution in [-0.4, -0.2) is 7.05 Å². The molecule has 2 rings (SSSR count). The molecule has 0 bridgehead atoms. The van der Waals surface area contributed by atoms with Gasteiger partial charge in [0.05, 0.1) is 4.47 Å². The van der Waals surface area contributed by atoms with Crippen LogP contribution < -0.4 is 5.32 Å². The fraction of sp³-hybridized carbons (Fsp3) is 0.200. The Bertz CT molecular complexity index is 664. The van der Waals surface area contributed by atoms with E-state index < -0.39 is 17.5 Å². The molecule has 0 aliphatic heterocycles. The van der Waals surface area contributed by atoms with E-state index in [0.717, 1.165) is 6.07 Å². The van der Waals surface area contributed by atoms with Crippen molar-refractivity contribution < 1.29 is 13.2 Å². The summed E-state index contributed by atoms with van der Waals surface area (Å²) in [4.78, 5) is 0. The molecule has 2 aromatic carbocycles. The van der Waals surface area contributed by atoms with Gasteiger partial charge in [0.15, 0.2) is 11.6 Å². The summed E-state index contributed by atoms with van der Waals surface area (Å²) >= 11 is 8.76. The number of benzene rings is 2. The van der Waals surface area contributed by atoms with Crippen molar-refractivity contribution in [1.29, 1.82) is 0 Å². The average Bonchev–Trinajstić information content (AvgIpc) is 2.45. The molecule has 6 heteroatoms. The van der Waals surface area contributed by atoms with Crippen molar-refractivity contribution >= 4 is 27.5 Å². The van der Waals surface area contributed by atoms with Gasteiger partial charge >= 0.3 is 0 Å². The van der Waals surface area contributed by atoms with E-state index in [1.165, 1.54) is 12.1 Å². The predicted molar refractivity (Wildman–Crippen MR) is 81.0 cm³/mol. The zero-order valence-corrected chi connectivity index (χ0v) is 13.4. The third-order valence-corrected chi connectivity index (χ3v) is 4.27. The Balaban J connectivity index is 2.34. The summed E-state index contributed by atoms with van der Waals surface area (Å²) in [7, 11) is 1.67. The first-order valence-corrected chi connectivity index (χ1v) is 7.35. The Hall–Kier alpha value is -1.04. The van der Waals surface area contributed by atoms with Crippen molar-refractivity contribution in [2.45, 2.75) is 12.5 Å². The molecule has 0 aromatic heterocycles. The highest BCUT2D eigenvalue weighted by atomic mass is 79.9. The fourth-order valence-electron chi connectivity index (χ4n) is 2.08. The van der Waals surface area contributed by atoms with E-state index in [-0.39, 0.29) is 16.9 Å². The van der Waals surface area contributed by atoms with Crippen LogP contribution in [0.5, 0.6) is 0 Å². The van der Waals surface area contributed by atoms with Gasteiger partial charge in [-0.1, -0.05) is 23.7 Å². The van der Waals surface area contributed by atoms with Gasteiger partial charge in [-0.25, -0.2) is 13.2 Å². The Kier molecular flexibility index (Phi) is 5.30. The summed E-state index contributed by atoms with van der Waals surface area (Å²) in [6.07, 6.45) is 0.281. The number of hydrogen-bond donors (Lipinski definition) is 1. The van der Waals surface area contributed by atoms with Crippen LogP contribution >= 0.6 is 27.5 Å². The molecular formula is C15H12BrClF3N.